The fourth-order valence-corrected chi connectivity index (χ4v) is 2.98. The molecule has 0 saturated carbocycles. The third-order valence-corrected chi connectivity index (χ3v) is 4.49. The van der Waals surface area contributed by atoms with E-state index >= 15 is 0 Å². The van der Waals surface area contributed by atoms with E-state index in [-0.39, 0.29) is 6.10 Å². The summed E-state index contributed by atoms with van der Waals surface area (Å²) in [6.45, 7) is 3.69. The van der Waals surface area contributed by atoms with Gasteiger partial charge in [0.2, 0.25) is 0 Å². The molecule has 1 aliphatic rings. The van der Waals surface area contributed by atoms with Gasteiger partial charge in [-0.25, -0.2) is 0 Å². The number of furan rings is 1. The van der Waals surface area contributed by atoms with Gasteiger partial charge in [-0.05, 0) is 32.2 Å². The van der Waals surface area contributed by atoms with Crippen LogP contribution in [0.15, 0.2) is 28.7 Å². The van der Waals surface area contributed by atoms with Crippen molar-refractivity contribution in [1.82, 2.24) is 4.90 Å². The summed E-state index contributed by atoms with van der Waals surface area (Å²) in [5, 5.41) is 0.960. The van der Waals surface area contributed by atoms with Gasteiger partial charge in [-0.1, -0.05) is 29.3 Å². The lowest BCUT2D eigenvalue weighted by atomic mass is 10.1. The van der Waals surface area contributed by atoms with Crippen molar-refractivity contribution in [1.29, 1.82) is 0 Å². The van der Waals surface area contributed by atoms with Gasteiger partial charge in [0, 0.05) is 18.5 Å². The van der Waals surface area contributed by atoms with Crippen molar-refractivity contribution in [3.05, 3.63) is 51.4 Å². The van der Waals surface area contributed by atoms with Crippen LogP contribution < -0.4 is 4.74 Å². The maximum absolute atomic E-state index is 6.22. The minimum absolute atomic E-state index is 0.0710. The van der Waals surface area contributed by atoms with E-state index in [4.69, 9.17) is 32.4 Å². The van der Waals surface area contributed by atoms with Crippen molar-refractivity contribution >= 4 is 23.2 Å². The van der Waals surface area contributed by atoms with Crippen LogP contribution in [-0.4, -0.2) is 18.5 Å². The second-order valence-corrected chi connectivity index (χ2v) is 6.21. The lowest BCUT2D eigenvalue weighted by Crippen LogP contribution is -2.18. The zero-order chi connectivity index (χ0) is 15.0. The number of halogens is 2. The molecule has 5 heteroatoms. The Kier molecular flexibility index (Phi) is 4.16. The Morgan fingerprint density at radius 2 is 2.14 bits per heavy atom. The second-order valence-electron chi connectivity index (χ2n) is 5.42. The summed E-state index contributed by atoms with van der Waals surface area (Å²) in [6.07, 6.45) is 0.809. The summed E-state index contributed by atoms with van der Waals surface area (Å²) in [7, 11) is 2.08. The topological polar surface area (TPSA) is 25.6 Å². The van der Waals surface area contributed by atoms with Crippen LogP contribution in [0.25, 0.3) is 0 Å². The van der Waals surface area contributed by atoms with Gasteiger partial charge in [-0.15, -0.1) is 0 Å². The molecule has 0 spiro atoms. The quantitative estimate of drug-likeness (QED) is 0.789. The number of benzene rings is 1. The summed E-state index contributed by atoms with van der Waals surface area (Å²) in [5.41, 5.74) is 1.10. The van der Waals surface area contributed by atoms with Crippen LogP contribution in [0.2, 0.25) is 10.0 Å². The molecule has 0 amide bonds. The fourth-order valence-electron chi connectivity index (χ4n) is 2.65. The molecule has 1 unspecified atom stereocenters. The molecular formula is C16H17Cl2NO2. The zero-order valence-electron chi connectivity index (χ0n) is 12.0. The highest BCUT2D eigenvalue weighted by Gasteiger charge is 2.26. The Bertz CT molecular complexity index is 654. The molecule has 0 N–H and O–H groups in total. The number of ether oxygens (including phenoxy) is 1. The summed E-state index contributed by atoms with van der Waals surface area (Å²) in [6, 6.07) is 7.49. The van der Waals surface area contributed by atoms with E-state index < -0.39 is 0 Å². The van der Waals surface area contributed by atoms with Gasteiger partial charge < -0.3 is 9.15 Å². The Morgan fingerprint density at radius 1 is 1.33 bits per heavy atom. The van der Waals surface area contributed by atoms with Gasteiger partial charge in [-0.3, -0.25) is 4.90 Å². The molecule has 1 aromatic heterocycles. The first-order chi connectivity index (χ1) is 10.0. The average Bonchev–Trinajstić information content (AvgIpc) is 2.73. The molecule has 1 atom stereocenters. The summed E-state index contributed by atoms with van der Waals surface area (Å²) >= 11 is 12.3. The normalized spacial score (nSPS) is 19.1. The maximum Gasteiger partial charge on any atom is 0.140 e. The highest BCUT2D eigenvalue weighted by Crippen LogP contribution is 2.37. The van der Waals surface area contributed by atoms with Crippen LogP contribution in [0.1, 0.15) is 29.6 Å². The van der Waals surface area contributed by atoms with Crippen molar-refractivity contribution in [2.75, 3.05) is 13.6 Å². The van der Waals surface area contributed by atoms with Crippen molar-refractivity contribution in [3.63, 3.8) is 0 Å². The van der Waals surface area contributed by atoms with Gasteiger partial charge in [0.05, 0.1) is 11.6 Å². The Morgan fingerprint density at radius 3 is 2.95 bits per heavy atom. The third kappa shape index (κ3) is 3.05. The molecule has 0 fully saturated rings. The Balaban J connectivity index is 1.93. The first-order valence-electron chi connectivity index (χ1n) is 6.93. The predicted molar refractivity (Wildman–Crippen MR) is 84.2 cm³/mol. The van der Waals surface area contributed by atoms with Crippen LogP contribution in [0.5, 0.6) is 5.75 Å². The molecule has 2 aromatic rings. The van der Waals surface area contributed by atoms with Crippen molar-refractivity contribution in [3.8, 4) is 5.75 Å². The first-order valence-corrected chi connectivity index (χ1v) is 7.68. The second kappa shape index (κ2) is 5.91. The average molecular weight is 326 g/mol. The van der Waals surface area contributed by atoms with Gasteiger partial charge in [0.15, 0.2) is 0 Å². The molecule has 0 bridgehead atoms. The Labute approximate surface area is 134 Å². The van der Waals surface area contributed by atoms with Crippen molar-refractivity contribution in [2.24, 2.45) is 0 Å². The standard InChI is InChI=1S/C16H17Cl2NO2/c1-10-8-11-13(6-7-19(2)9-15(11)20-10)21-14-5-3-4-12(17)16(14)18/h3-5,8,13H,6-7,9H2,1-2H3. The van der Waals surface area contributed by atoms with E-state index in [2.05, 4.69) is 18.0 Å². The van der Waals surface area contributed by atoms with E-state index in [1.807, 2.05) is 19.1 Å². The molecule has 21 heavy (non-hydrogen) atoms. The van der Waals surface area contributed by atoms with E-state index in [9.17, 15) is 0 Å². The minimum Gasteiger partial charge on any atom is -0.484 e. The predicted octanol–water partition coefficient (Wildman–Crippen LogP) is 4.85. The van der Waals surface area contributed by atoms with Gasteiger partial charge in [0.25, 0.3) is 0 Å². The molecule has 2 heterocycles. The molecule has 0 aliphatic carbocycles. The number of hydrogen-bond acceptors (Lipinski definition) is 3. The fraction of sp³-hybridized carbons (Fsp3) is 0.375. The lowest BCUT2D eigenvalue weighted by molar-refractivity contribution is 0.182. The number of hydrogen-bond donors (Lipinski definition) is 0. The van der Waals surface area contributed by atoms with Gasteiger partial charge >= 0.3 is 0 Å². The summed E-state index contributed by atoms with van der Waals surface area (Å²) < 4.78 is 11.9. The first kappa shape index (κ1) is 14.8. The number of rotatable bonds is 2. The number of nitrogens with zero attached hydrogens (tertiary/aromatic N) is 1. The third-order valence-electron chi connectivity index (χ3n) is 3.68. The van der Waals surface area contributed by atoms with E-state index in [1.54, 1.807) is 6.07 Å². The molecule has 112 valence electrons. The zero-order valence-corrected chi connectivity index (χ0v) is 13.5. The molecule has 0 saturated heterocycles. The number of fused-ring (bicyclic) bond motifs is 1. The summed E-state index contributed by atoms with van der Waals surface area (Å²) in [5.74, 6) is 2.49. The largest absolute Gasteiger partial charge is 0.484 e. The summed E-state index contributed by atoms with van der Waals surface area (Å²) in [4.78, 5) is 2.23. The van der Waals surface area contributed by atoms with E-state index in [1.165, 1.54) is 0 Å². The lowest BCUT2D eigenvalue weighted by Gasteiger charge is -2.19. The highest BCUT2D eigenvalue weighted by molar-refractivity contribution is 6.42. The van der Waals surface area contributed by atoms with Crippen LogP contribution >= 0.6 is 23.2 Å². The SMILES string of the molecule is Cc1cc2c(o1)CN(C)CCC2Oc1cccc(Cl)c1Cl. The molecule has 1 aromatic carbocycles. The van der Waals surface area contributed by atoms with E-state index in [0.29, 0.717) is 15.8 Å². The van der Waals surface area contributed by atoms with Crippen LogP contribution in [0, 0.1) is 6.92 Å². The van der Waals surface area contributed by atoms with Crippen LogP contribution in [0.3, 0.4) is 0 Å². The highest BCUT2D eigenvalue weighted by atomic mass is 35.5. The molecule has 1 aliphatic heterocycles. The molecular weight excluding hydrogens is 309 g/mol. The minimum atomic E-state index is -0.0710. The van der Waals surface area contributed by atoms with Gasteiger partial charge in [0.1, 0.15) is 28.4 Å². The van der Waals surface area contributed by atoms with E-state index in [0.717, 1.165) is 36.6 Å². The monoisotopic (exact) mass is 325 g/mol. The van der Waals surface area contributed by atoms with Crippen LogP contribution in [-0.2, 0) is 6.54 Å². The molecule has 3 rings (SSSR count). The van der Waals surface area contributed by atoms with Crippen molar-refractivity contribution in [2.45, 2.75) is 26.0 Å². The molecule has 3 nitrogen and oxygen atoms in total. The van der Waals surface area contributed by atoms with Crippen molar-refractivity contribution < 1.29 is 9.15 Å². The Hall–Kier alpha value is -1.16. The number of aryl methyl sites for hydroxylation is 1. The smallest absolute Gasteiger partial charge is 0.140 e. The van der Waals surface area contributed by atoms with Crippen LogP contribution in [0.4, 0.5) is 0 Å². The van der Waals surface area contributed by atoms with Gasteiger partial charge in [-0.2, -0.15) is 0 Å². The molecule has 0 radical (unpaired) electrons. The maximum atomic E-state index is 6.22.